The Morgan fingerprint density at radius 3 is 2.54 bits per heavy atom. The number of methoxy groups -OCH3 is 1. The van der Waals surface area contributed by atoms with E-state index in [0.717, 1.165) is 0 Å². The third-order valence-corrected chi connectivity index (χ3v) is 4.22. The first kappa shape index (κ1) is 19.4. The predicted molar refractivity (Wildman–Crippen MR) is 108 cm³/mol. The molecular weight excluding hydrogens is 401 g/mol. The molecule has 0 aliphatic carbocycles. The third kappa shape index (κ3) is 4.31. The largest absolute Gasteiger partial charge is 0.478 e. The molecule has 1 heterocycles. The van der Waals surface area contributed by atoms with E-state index >= 15 is 0 Å². The van der Waals surface area contributed by atoms with Gasteiger partial charge < -0.3 is 4.74 Å². The number of aromatic nitrogens is 2. The van der Waals surface area contributed by atoms with Crippen LogP contribution < -0.4 is 15.6 Å². The third-order valence-electron chi connectivity index (χ3n) is 3.65. The number of nitriles is 1. The van der Waals surface area contributed by atoms with Crippen molar-refractivity contribution in [2.75, 3.05) is 12.5 Å². The molecule has 0 unspecified atom stereocenters. The number of carbonyl (C=O) groups is 1. The Balaban J connectivity index is 1.81. The first-order valence-corrected chi connectivity index (χ1v) is 8.71. The van der Waals surface area contributed by atoms with Gasteiger partial charge in [0.1, 0.15) is 11.6 Å². The van der Waals surface area contributed by atoms with Crippen LogP contribution in [0.3, 0.4) is 0 Å². The molecular formula is C19H13Cl2N5O2. The van der Waals surface area contributed by atoms with Crippen molar-refractivity contribution in [3.63, 3.8) is 0 Å². The highest BCUT2D eigenvalue weighted by molar-refractivity contribution is 6.35. The van der Waals surface area contributed by atoms with Gasteiger partial charge in [-0.3, -0.25) is 15.6 Å². The van der Waals surface area contributed by atoms with E-state index in [1.54, 1.807) is 24.3 Å². The highest BCUT2D eigenvalue weighted by atomic mass is 35.5. The first-order valence-electron chi connectivity index (χ1n) is 7.96. The summed E-state index contributed by atoms with van der Waals surface area (Å²) in [6.07, 6.45) is 1.36. The summed E-state index contributed by atoms with van der Waals surface area (Å²) < 4.78 is 5.20. The summed E-state index contributed by atoms with van der Waals surface area (Å²) in [6.45, 7) is 0. The molecule has 0 bridgehead atoms. The Morgan fingerprint density at radius 2 is 1.89 bits per heavy atom. The molecule has 9 heteroatoms. The molecule has 1 amide bonds. The monoisotopic (exact) mass is 413 g/mol. The number of fused-ring (bicyclic) bond motifs is 1. The van der Waals surface area contributed by atoms with E-state index in [1.165, 1.54) is 19.3 Å². The molecule has 0 aliphatic rings. The van der Waals surface area contributed by atoms with Gasteiger partial charge in [-0.2, -0.15) is 5.26 Å². The number of anilines is 1. The van der Waals surface area contributed by atoms with Gasteiger partial charge in [0.2, 0.25) is 5.82 Å². The number of halogens is 2. The lowest BCUT2D eigenvalue weighted by Gasteiger charge is -2.11. The van der Waals surface area contributed by atoms with Crippen molar-refractivity contribution in [1.82, 2.24) is 15.4 Å². The normalized spacial score (nSPS) is 11.0. The van der Waals surface area contributed by atoms with Crippen LogP contribution in [-0.2, 0) is 4.79 Å². The molecule has 2 aromatic carbocycles. The lowest BCUT2D eigenvalue weighted by Crippen LogP contribution is -2.31. The number of hydrogen-bond donors (Lipinski definition) is 2. The predicted octanol–water partition coefficient (Wildman–Crippen LogP) is 4.00. The molecule has 0 saturated carbocycles. The number of nitrogens with one attached hydrogen (secondary N) is 2. The number of para-hydroxylation sites is 2. The fourth-order valence-corrected chi connectivity index (χ4v) is 2.78. The van der Waals surface area contributed by atoms with Gasteiger partial charge in [0.15, 0.2) is 0 Å². The van der Waals surface area contributed by atoms with Crippen LogP contribution in [0.5, 0.6) is 5.88 Å². The van der Waals surface area contributed by atoms with Gasteiger partial charge in [0, 0.05) is 10.0 Å². The molecule has 140 valence electrons. The molecule has 0 atom stereocenters. The van der Waals surface area contributed by atoms with Crippen LogP contribution in [0.2, 0.25) is 10.0 Å². The van der Waals surface area contributed by atoms with Gasteiger partial charge in [0.05, 0.1) is 18.1 Å². The Kier molecular flexibility index (Phi) is 5.94. The highest BCUT2D eigenvalue weighted by Crippen LogP contribution is 2.24. The summed E-state index contributed by atoms with van der Waals surface area (Å²) in [5.74, 6) is -0.274. The Morgan fingerprint density at radius 1 is 1.18 bits per heavy atom. The number of hydrogen-bond acceptors (Lipinski definition) is 6. The molecule has 0 saturated heterocycles. The van der Waals surface area contributed by atoms with E-state index in [4.69, 9.17) is 27.9 Å². The van der Waals surface area contributed by atoms with Crippen LogP contribution >= 0.6 is 23.2 Å². The lowest BCUT2D eigenvalue weighted by atomic mass is 10.1. The fourth-order valence-electron chi connectivity index (χ4n) is 2.31. The first-order chi connectivity index (χ1) is 13.5. The average Bonchev–Trinajstić information content (AvgIpc) is 2.70. The maximum absolute atomic E-state index is 12.4. The summed E-state index contributed by atoms with van der Waals surface area (Å²) in [5, 5.41) is 10.1. The van der Waals surface area contributed by atoms with Gasteiger partial charge in [-0.05, 0) is 35.9 Å². The molecule has 0 aliphatic heterocycles. The fraction of sp³-hybridized carbons (Fsp3) is 0.0526. The minimum absolute atomic E-state index is 0.163. The van der Waals surface area contributed by atoms with Crippen molar-refractivity contribution in [3.8, 4) is 11.9 Å². The van der Waals surface area contributed by atoms with Crippen molar-refractivity contribution in [2.24, 2.45) is 0 Å². The number of hydrazine groups is 1. The van der Waals surface area contributed by atoms with E-state index < -0.39 is 5.91 Å². The second kappa shape index (κ2) is 8.57. The summed E-state index contributed by atoms with van der Waals surface area (Å²) >= 11 is 11.9. The maximum Gasteiger partial charge on any atom is 0.280 e. The van der Waals surface area contributed by atoms with Crippen molar-refractivity contribution in [2.45, 2.75) is 0 Å². The summed E-state index contributed by atoms with van der Waals surface area (Å²) in [7, 11) is 1.44. The second-order valence-corrected chi connectivity index (χ2v) is 6.33. The van der Waals surface area contributed by atoms with Crippen LogP contribution in [0, 0.1) is 11.3 Å². The van der Waals surface area contributed by atoms with Crippen LogP contribution in [-0.4, -0.2) is 23.0 Å². The number of rotatable bonds is 5. The van der Waals surface area contributed by atoms with E-state index in [9.17, 15) is 10.1 Å². The van der Waals surface area contributed by atoms with Crippen LogP contribution in [0.25, 0.3) is 17.1 Å². The molecule has 28 heavy (non-hydrogen) atoms. The average molecular weight is 414 g/mol. The summed E-state index contributed by atoms with van der Waals surface area (Å²) in [4.78, 5) is 21.0. The van der Waals surface area contributed by atoms with Gasteiger partial charge in [-0.15, -0.1) is 0 Å². The number of amides is 1. The maximum atomic E-state index is 12.4. The molecule has 0 fully saturated rings. The Hall–Kier alpha value is -3.34. The molecule has 0 spiro atoms. The minimum atomic E-state index is -0.675. The number of carbonyl (C=O) groups excluding carboxylic acids is 1. The van der Waals surface area contributed by atoms with Gasteiger partial charge in [0.25, 0.3) is 11.8 Å². The van der Waals surface area contributed by atoms with Gasteiger partial charge in [-0.1, -0.05) is 41.4 Å². The topological polar surface area (TPSA) is 99.9 Å². The second-order valence-electron chi connectivity index (χ2n) is 5.48. The highest BCUT2D eigenvalue weighted by Gasteiger charge is 2.13. The van der Waals surface area contributed by atoms with E-state index in [2.05, 4.69) is 20.8 Å². The van der Waals surface area contributed by atoms with Crippen molar-refractivity contribution >= 4 is 52.0 Å². The summed E-state index contributed by atoms with van der Waals surface area (Å²) in [5.41, 5.74) is 6.63. The van der Waals surface area contributed by atoms with E-state index in [1.807, 2.05) is 18.2 Å². The molecule has 7 nitrogen and oxygen atoms in total. The minimum Gasteiger partial charge on any atom is -0.478 e. The van der Waals surface area contributed by atoms with Crippen LogP contribution in [0.15, 0.2) is 48.0 Å². The molecule has 3 aromatic rings. The zero-order valence-electron chi connectivity index (χ0n) is 14.5. The Bertz CT molecular complexity index is 1120. The van der Waals surface area contributed by atoms with Crippen LogP contribution in [0.1, 0.15) is 5.56 Å². The molecule has 3 rings (SSSR count). The number of nitrogens with zero attached hydrogens (tertiary/aromatic N) is 3. The summed E-state index contributed by atoms with van der Waals surface area (Å²) in [6, 6.07) is 13.8. The molecule has 2 N–H and O–H groups in total. The van der Waals surface area contributed by atoms with Crippen molar-refractivity contribution in [3.05, 3.63) is 63.6 Å². The van der Waals surface area contributed by atoms with E-state index in [-0.39, 0.29) is 17.3 Å². The van der Waals surface area contributed by atoms with E-state index in [0.29, 0.717) is 26.6 Å². The van der Waals surface area contributed by atoms with Crippen molar-refractivity contribution < 1.29 is 9.53 Å². The number of benzene rings is 2. The SMILES string of the molecule is COc1nc2ccccc2nc1NNC(=O)/C(C#N)=C/c1ccc(Cl)cc1Cl. The quantitative estimate of drug-likeness (QED) is 0.372. The zero-order valence-corrected chi connectivity index (χ0v) is 16.0. The molecule has 1 aromatic heterocycles. The van der Waals surface area contributed by atoms with Crippen molar-refractivity contribution in [1.29, 1.82) is 5.26 Å². The Labute approximate surface area is 170 Å². The molecule has 0 radical (unpaired) electrons. The van der Waals surface area contributed by atoms with Crippen LogP contribution in [0.4, 0.5) is 5.82 Å². The van der Waals surface area contributed by atoms with Gasteiger partial charge >= 0.3 is 0 Å². The standard InChI is InChI=1S/C19H13Cl2N5O2/c1-28-19-17(23-15-4-2-3-5-16(15)24-19)25-26-18(27)12(10-22)8-11-6-7-13(20)9-14(11)21/h2-9H,1H3,(H,23,25)(H,26,27)/b12-8+. The smallest absolute Gasteiger partial charge is 0.280 e. The number of ether oxygens (including phenoxy) is 1. The van der Waals surface area contributed by atoms with Gasteiger partial charge in [-0.25, -0.2) is 9.97 Å². The zero-order chi connectivity index (χ0) is 20.1. The lowest BCUT2D eigenvalue weighted by molar-refractivity contribution is -0.116.